The van der Waals surface area contributed by atoms with Gasteiger partial charge in [0, 0.05) is 37.3 Å². The molecule has 1 amide bonds. The maximum atomic E-state index is 13.1. The predicted molar refractivity (Wildman–Crippen MR) is 137 cm³/mol. The van der Waals surface area contributed by atoms with E-state index in [4.69, 9.17) is 5.11 Å². The zero-order chi connectivity index (χ0) is 24.6. The van der Waals surface area contributed by atoms with Gasteiger partial charge in [0.2, 0.25) is 11.6 Å². The molecule has 4 atom stereocenters. The molecule has 0 saturated heterocycles. The monoisotopic (exact) mass is 553 g/mol. The first-order valence-electron chi connectivity index (χ1n) is 11.6. The summed E-state index contributed by atoms with van der Waals surface area (Å²) in [6.45, 7) is 5.66. The van der Waals surface area contributed by atoms with Crippen molar-refractivity contribution in [2.45, 2.75) is 44.9 Å². The van der Waals surface area contributed by atoms with Crippen LogP contribution in [0.1, 0.15) is 37.0 Å². The minimum atomic E-state index is -1.02. The number of hydrazine groups is 1. The Hall–Kier alpha value is -2.82. The van der Waals surface area contributed by atoms with Crippen molar-refractivity contribution in [2.24, 2.45) is 22.2 Å². The lowest BCUT2D eigenvalue weighted by atomic mass is 9.85. The summed E-state index contributed by atoms with van der Waals surface area (Å²) in [4.78, 5) is 25.9. The van der Waals surface area contributed by atoms with E-state index < -0.39 is 17.7 Å². The van der Waals surface area contributed by atoms with Crippen LogP contribution in [-0.4, -0.2) is 34.1 Å². The van der Waals surface area contributed by atoms with Crippen LogP contribution in [0.25, 0.3) is 20.5 Å². The number of carbonyl (C=O) groups is 2. The van der Waals surface area contributed by atoms with Crippen molar-refractivity contribution in [3.63, 3.8) is 0 Å². The number of hydrogen-bond donors (Lipinski definition) is 3. The van der Waals surface area contributed by atoms with Crippen LogP contribution in [0.2, 0.25) is 0 Å². The van der Waals surface area contributed by atoms with Gasteiger partial charge in [0.1, 0.15) is 6.04 Å². The molecule has 8 nitrogen and oxygen atoms in total. The fraction of sp³-hybridized carbons (Fsp3) is 0.360. The van der Waals surface area contributed by atoms with E-state index in [0.29, 0.717) is 6.42 Å². The fourth-order valence-electron chi connectivity index (χ4n) is 5.46. The second-order valence-electron chi connectivity index (χ2n) is 9.74. The topological polar surface area (TPSA) is 106 Å². The molecule has 3 unspecified atom stereocenters. The molecule has 1 spiro atoms. The highest BCUT2D eigenvalue weighted by molar-refractivity contribution is 9.10. The van der Waals surface area contributed by atoms with Crippen LogP contribution in [-0.2, 0) is 15.3 Å². The molecule has 2 aliphatic carbocycles. The number of halogens is 1. The largest absolute Gasteiger partial charge is 0.480 e. The van der Waals surface area contributed by atoms with Gasteiger partial charge in [-0.3, -0.25) is 4.79 Å². The summed E-state index contributed by atoms with van der Waals surface area (Å²) in [6, 6.07) is 11.4. The van der Waals surface area contributed by atoms with Crippen molar-refractivity contribution < 1.29 is 14.7 Å². The lowest BCUT2D eigenvalue weighted by Crippen LogP contribution is -2.51. The number of thiophene rings is 1. The summed E-state index contributed by atoms with van der Waals surface area (Å²) < 4.78 is 2.21. The lowest BCUT2D eigenvalue weighted by molar-refractivity contribution is -0.143. The number of hydrogen-bond acceptors (Lipinski definition) is 7. The van der Waals surface area contributed by atoms with Crippen molar-refractivity contribution in [2.75, 3.05) is 0 Å². The van der Waals surface area contributed by atoms with Gasteiger partial charge in [0.05, 0.1) is 10.8 Å². The van der Waals surface area contributed by atoms with Gasteiger partial charge in [-0.1, -0.05) is 49.4 Å². The van der Waals surface area contributed by atoms with E-state index in [1.165, 1.54) is 0 Å². The first-order chi connectivity index (χ1) is 16.8. The highest BCUT2D eigenvalue weighted by atomic mass is 79.9. The SMILES string of the molecule is Cc1ccc2sc3c(Br)c2c1C1(N=NNN1C1CC1C(=O)N[C@H](C(=O)O)C(C)C)c1ccccc1-3. The van der Waals surface area contributed by atoms with Crippen molar-refractivity contribution in [3.8, 4) is 10.4 Å². The quantitative estimate of drug-likeness (QED) is 0.414. The minimum absolute atomic E-state index is 0.192. The first-order valence-corrected chi connectivity index (χ1v) is 13.2. The molecule has 35 heavy (non-hydrogen) atoms. The molecule has 2 aromatic carbocycles. The number of amides is 1. The predicted octanol–water partition coefficient (Wildman–Crippen LogP) is 4.96. The number of rotatable bonds is 5. The van der Waals surface area contributed by atoms with E-state index in [9.17, 15) is 14.7 Å². The van der Waals surface area contributed by atoms with E-state index >= 15 is 0 Å². The smallest absolute Gasteiger partial charge is 0.326 e. The third-order valence-electron chi connectivity index (χ3n) is 7.25. The number of aliphatic carboxylic acids is 1. The van der Waals surface area contributed by atoms with Gasteiger partial charge >= 0.3 is 5.97 Å². The van der Waals surface area contributed by atoms with E-state index in [-0.39, 0.29) is 23.8 Å². The second-order valence-corrected chi connectivity index (χ2v) is 11.6. The third kappa shape index (κ3) is 3.12. The lowest BCUT2D eigenvalue weighted by Gasteiger charge is -2.37. The van der Waals surface area contributed by atoms with Gasteiger partial charge in [-0.05, 0) is 46.8 Å². The molecule has 1 fully saturated rings. The Balaban J connectivity index is 1.46. The molecule has 1 aliphatic heterocycles. The van der Waals surface area contributed by atoms with Crippen LogP contribution >= 0.6 is 27.3 Å². The number of aryl methyl sites for hydroxylation is 1. The van der Waals surface area contributed by atoms with Gasteiger partial charge in [0.25, 0.3) is 0 Å². The number of carboxylic acid groups (broad SMARTS) is 1. The maximum absolute atomic E-state index is 13.1. The van der Waals surface area contributed by atoms with Crippen molar-refractivity contribution in [3.05, 3.63) is 57.6 Å². The molecule has 3 aliphatic rings. The number of carboxylic acids is 1. The summed E-state index contributed by atoms with van der Waals surface area (Å²) in [5, 5.41) is 24.5. The van der Waals surface area contributed by atoms with Crippen molar-refractivity contribution in [1.82, 2.24) is 15.9 Å². The Morgan fingerprint density at radius 1 is 1.29 bits per heavy atom. The van der Waals surface area contributed by atoms with Gasteiger partial charge in [-0.25, -0.2) is 10.3 Å². The molecule has 1 aromatic heterocycles. The molecule has 0 radical (unpaired) electrons. The summed E-state index contributed by atoms with van der Waals surface area (Å²) in [7, 11) is 0. The summed E-state index contributed by atoms with van der Waals surface area (Å²) >= 11 is 5.63. The maximum Gasteiger partial charge on any atom is 0.326 e. The van der Waals surface area contributed by atoms with E-state index in [1.54, 1.807) is 25.2 Å². The number of carbonyl (C=O) groups excluding carboxylic acids is 1. The number of fused-ring (bicyclic) bond motifs is 5. The molecular formula is C25H24BrN5O3S. The Morgan fingerprint density at radius 2 is 2.06 bits per heavy atom. The summed E-state index contributed by atoms with van der Waals surface area (Å²) in [5.74, 6) is -1.85. The van der Waals surface area contributed by atoms with E-state index in [1.807, 2.05) is 17.1 Å². The molecule has 3 aromatic rings. The Morgan fingerprint density at radius 3 is 2.80 bits per heavy atom. The van der Waals surface area contributed by atoms with Crippen LogP contribution in [0.4, 0.5) is 0 Å². The van der Waals surface area contributed by atoms with Crippen LogP contribution < -0.4 is 10.9 Å². The molecule has 10 heteroatoms. The van der Waals surface area contributed by atoms with Crippen molar-refractivity contribution >= 4 is 49.2 Å². The van der Waals surface area contributed by atoms with Crippen LogP contribution in [0.3, 0.4) is 0 Å². The molecular weight excluding hydrogens is 530 g/mol. The minimum Gasteiger partial charge on any atom is -0.480 e. The van der Waals surface area contributed by atoms with Crippen LogP contribution in [0.15, 0.2) is 51.2 Å². The highest BCUT2D eigenvalue weighted by Crippen LogP contribution is 2.58. The van der Waals surface area contributed by atoms with Crippen LogP contribution in [0.5, 0.6) is 0 Å². The molecule has 2 heterocycles. The second kappa shape index (κ2) is 7.84. The Labute approximate surface area is 214 Å². The summed E-state index contributed by atoms with van der Waals surface area (Å²) in [6.07, 6.45) is 0.586. The molecule has 6 rings (SSSR count). The Bertz CT molecular complexity index is 1440. The fourth-order valence-corrected chi connectivity index (χ4v) is 7.60. The Kier molecular flexibility index (Phi) is 5.07. The van der Waals surface area contributed by atoms with Gasteiger partial charge in [0.15, 0.2) is 0 Å². The number of nitrogens with one attached hydrogen (secondary N) is 2. The third-order valence-corrected chi connectivity index (χ3v) is 9.50. The van der Waals surface area contributed by atoms with E-state index in [0.717, 1.165) is 41.7 Å². The average Bonchev–Trinajstić information content (AvgIpc) is 3.40. The van der Waals surface area contributed by atoms with Gasteiger partial charge in [-0.2, -0.15) is 5.01 Å². The molecule has 2 bridgehead atoms. The normalized spacial score (nSPS) is 25.1. The molecule has 3 N–H and O–H groups in total. The standard InChI is InChI=1S/C25H24BrN5O3S/c1-11(2)21(24(33)34)27-23(32)14-10-16(14)31-25(28-29-30-31)15-7-5-4-6-13(15)22-20(26)18-17(35-22)9-8-12(3)19(18)25/h4-9,11,14,16,21H,10H2,1-3H3,(H,27,32)(H,28,30)(H,33,34)/t14?,16?,21-,25?/m0/s1. The average molecular weight is 554 g/mol. The van der Waals surface area contributed by atoms with E-state index in [2.05, 4.69) is 63.2 Å². The molecule has 1 saturated carbocycles. The van der Waals surface area contributed by atoms with Gasteiger partial charge in [-0.15, -0.1) is 16.5 Å². The zero-order valence-corrected chi connectivity index (χ0v) is 21.8. The van der Waals surface area contributed by atoms with Crippen molar-refractivity contribution in [1.29, 1.82) is 0 Å². The number of benzene rings is 2. The summed E-state index contributed by atoms with van der Waals surface area (Å²) in [5.41, 5.74) is 6.36. The first kappa shape index (κ1) is 22.6. The highest BCUT2D eigenvalue weighted by Gasteiger charge is 2.60. The zero-order valence-electron chi connectivity index (χ0n) is 19.4. The number of nitrogens with zero attached hydrogens (tertiary/aromatic N) is 3. The molecule has 180 valence electrons. The van der Waals surface area contributed by atoms with Crippen LogP contribution in [0, 0.1) is 18.8 Å². The van der Waals surface area contributed by atoms with Gasteiger partial charge < -0.3 is 10.4 Å².